The van der Waals surface area contributed by atoms with E-state index in [-0.39, 0.29) is 0 Å². The van der Waals surface area contributed by atoms with E-state index in [4.69, 9.17) is 27.6 Å². The van der Waals surface area contributed by atoms with Gasteiger partial charge in [0.1, 0.15) is 0 Å². The summed E-state index contributed by atoms with van der Waals surface area (Å²) in [5.41, 5.74) is 0. The van der Waals surface area contributed by atoms with E-state index in [1.807, 2.05) is 0 Å². The van der Waals surface area contributed by atoms with Gasteiger partial charge in [-0.15, -0.1) is 11.8 Å². The third kappa shape index (κ3) is 59.6. The molecule has 2 nitrogen and oxygen atoms in total. The van der Waals surface area contributed by atoms with Crippen LogP contribution in [-0.2, 0) is 24.7 Å². The summed E-state index contributed by atoms with van der Waals surface area (Å²) < 4.78 is 9.31. The summed E-state index contributed by atoms with van der Waals surface area (Å²) in [6.45, 7) is 5.50. The predicted octanol–water partition coefficient (Wildman–Crippen LogP) is 4.16. The summed E-state index contributed by atoms with van der Waals surface area (Å²) in [6.07, 6.45) is 1.99. The second-order valence-corrected chi connectivity index (χ2v) is 16.2. The molecule has 16 heavy (non-hydrogen) atoms. The zero-order chi connectivity index (χ0) is 13.2. The van der Waals surface area contributed by atoms with E-state index >= 15 is 0 Å². The van der Waals surface area contributed by atoms with Crippen LogP contribution in [0.3, 0.4) is 0 Å². The molecule has 0 fully saturated rings. The molecule has 0 N–H and O–H groups in total. The molecule has 0 aliphatic carbocycles. The average molecular weight is 460 g/mol. The van der Waals surface area contributed by atoms with Crippen molar-refractivity contribution in [2.75, 3.05) is 27.4 Å². The normalized spacial score (nSPS) is 8.00. The molecule has 0 amide bonds. The number of methoxy groups -OCH3 is 2. The molecule has 98 valence electrons. The molecule has 0 heterocycles. The van der Waals surface area contributed by atoms with Crippen LogP contribution in [0.1, 0.15) is 26.7 Å². The summed E-state index contributed by atoms with van der Waals surface area (Å²) >= 11 is -2.18. The van der Waals surface area contributed by atoms with Gasteiger partial charge in [0.05, 0.1) is 13.2 Å². The van der Waals surface area contributed by atoms with Gasteiger partial charge < -0.3 is 9.47 Å². The van der Waals surface area contributed by atoms with Crippen LogP contribution in [0.15, 0.2) is 0 Å². The van der Waals surface area contributed by atoms with Crippen molar-refractivity contribution >= 4 is 27.6 Å². The quantitative estimate of drug-likeness (QED) is 0.466. The van der Waals surface area contributed by atoms with E-state index < -0.39 is 15.2 Å². The van der Waals surface area contributed by atoms with E-state index in [2.05, 4.69) is 35.2 Å². The van der Waals surface area contributed by atoms with Gasteiger partial charge in [0.15, 0.2) is 0 Å². The molecule has 0 aliphatic heterocycles. The van der Waals surface area contributed by atoms with Gasteiger partial charge in [-0.3, -0.25) is 0 Å². The Balaban J connectivity index is -0.000000162. The topological polar surface area (TPSA) is 18.5 Å². The van der Waals surface area contributed by atoms with E-state index in [9.17, 15) is 0 Å². The number of halogens is 3. The Morgan fingerprint density at radius 1 is 0.875 bits per heavy atom. The Morgan fingerprint density at radius 2 is 1.12 bits per heavy atom. The average Bonchev–Trinajstić information content (AvgIpc) is 2.23. The molecule has 0 saturated carbocycles. The van der Waals surface area contributed by atoms with Crippen LogP contribution in [0.4, 0.5) is 0 Å². The summed E-state index contributed by atoms with van der Waals surface area (Å²) in [5.74, 6) is 5.90. The Morgan fingerprint density at radius 3 is 1.25 bits per heavy atom. The third-order valence-corrected chi connectivity index (χ3v) is 0.970. The Labute approximate surface area is 118 Å². The molecule has 0 rings (SSSR count). The molecule has 0 saturated heterocycles. The number of ether oxygens (including phenoxy) is 2. The van der Waals surface area contributed by atoms with Gasteiger partial charge in [0.25, 0.3) is 0 Å². The molecule has 0 unspecified atom stereocenters. The maximum atomic E-state index is 5.01. The Kier molecular flexibility index (Phi) is 34.9. The third-order valence-electron chi connectivity index (χ3n) is 0.970. The van der Waals surface area contributed by atoms with Gasteiger partial charge in [0, 0.05) is 27.1 Å². The summed E-state index contributed by atoms with van der Waals surface area (Å²) in [5, 5.41) is 0. The maximum absolute atomic E-state index is 5.01. The van der Waals surface area contributed by atoms with Gasteiger partial charge in [-0.25, -0.2) is 0 Å². The van der Waals surface area contributed by atoms with Crippen molar-refractivity contribution in [2.45, 2.75) is 26.7 Å². The van der Waals surface area contributed by atoms with Crippen LogP contribution in [0.25, 0.3) is 0 Å². The van der Waals surface area contributed by atoms with E-state index in [1.54, 1.807) is 14.2 Å². The number of rotatable bonds is 3. The minimum atomic E-state index is -2.18. The first-order valence-corrected chi connectivity index (χ1v) is 16.7. The molecular formula is C10H20Cl3O2Ta. The predicted molar refractivity (Wildman–Crippen MR) is 69.7 cm³/mol. The van der Waals surface area contributed by atoms with Crippen LogP contribution in [0.5, 0.6) is 0 Å². The fraction of sp³-hybridized carbons (Fsp3) is 0.800. The first-order chi connectivity index (χ1) is 7.56. The van der Waals surface area contributed by atoms with Gasteiger partial charge >= 0.3 is 42.8 Å². The van der Waals surface area contributed by atoms with Gasteiger partial charge in [-0.1, -0.05) is 13.8 Å². The zero-order valence-corrected chi connectivity index (χ0v) is 15.7. The molecule has 0 aromatic heterocycles. The molecule has 0 aromatic rings. The van der Waals surface area contributed by atoms with Gasteiger partial charge in [-0.05, 0) is 0 Å². The van der Waals surface area contributed by atoms with Crippen molar-refractivity contribution in [3.63, 3.8) is 0 Å². The molecule has 0 atom stereocenters. The second-order valence-electron chi connectivity index (χ2n) is 2.24. The Bertz CT molecular complexity index is 143. The fourth-order valence-corrected chi connectivity index (χ4v) is 0.417. The standard InChI is InChI=1S/C6H10.C4H10O2.3ClH.Ta/c1-3-5-6-4-2;1-5-3-4-6-2;;;;/h2*3-4H2,1-2H3;3*1H;/q;;;;;+3/p-3. The summed E-state index contributed by atoms with van der Waals surface area (Å²) in [6, 6.07) is 0. The molecule has 6 heteroatoms. The van der Waals surface area contributed by atoms with Crippen LogP contribution in [-0.4, -0.2) is 27.4 Å². The van der Waals surface area contributed by atoms with Crippen molar-refractivity contribution in [1.82, 2.24) is 0 Å². The van der Waals surface area contributed by atoms with Crippen molar-refractivity contribution < 1.29 is 24.7 Å². The van der Waals surface area contributed by atoms with Crippen LogP contribution >= 0.6 is 27.6 Å². The van der Waals surface area contributed by atoms with Crippen LogP contribution in [0, 0.1) is 11.8 Å². The molecule has 0 bridgehead atoms. The molecule has 0 aliphatic rings. The number of hydrogen-bond acceptors (Lipinski definition) is 2. The molecule has 0 radical (unpaired) electrons. The van der Waals surface area contributed by atoms with Crippen molar-refractivity contribution in [3.8, 4) is 11.8 Å². The van der Waals surface area contributed by atoms with Gasteiger partial charge in [-0.2, -0.15) is 0 Å². The van der Waals surface area contributed by atoms with Gasteiger partial charge in [0.2, 0.25) is 0 Å². The van der Waals surface area contributed by atoms with Crippen molar-refractivity contribution in [3.05, 3.63) is 0 Å². The SMILES string of the molecule is CCC#CCC.COCCOC.[Cl][Ta]([Cl])[Cl]. The van der Waals surface area contributed by atoms with Crippen molar-refractivity contribution in [1.29, 1.82) is 0 Å². The van der Waals surface area contributed by atoms with Crippen LogP contribution in [0.2, 0.25) is 0 Å². The first kappa shape index (κ1) is 22.3. The zero-order valence-electron chi connectivity index (χ0n) is 10.2. The van der Waals surface area contributed by atoms with Crippen LogP contribution < -0.4 is 0 Å². The second kappa shape index (κ2) is 25.1. The minimum absolute atomic E-state index is 0.691. The molecule has 0 spiro atoms. The number of hydrogen-bond donors (Lipinski definition) is 0. The molecular weight excluding hydrogens is 439 g/mol. The fourth-order valence-electron chi connectivity index (χ4n) is 0.417. The summed E-state index contributed by atoms with van der Waals surface area (Å²) in [4.78, 5) is 0. The monoisotopic (exact) mass is 458 g/mol. The van der Waals surface area contributed by atoms with E-state index in [0.717, 1.165) is 12.8 Å². The summed E-state index contributed by atoms with van der Waals surface area (Å²) in [7, 11) is 18.3. The Hall–Kier alpha value is 1.09. The first-order valence-electron chi connectivity index (χ1n) is 4.77. The molecule has 0 aromatic carbocycles. The van der Waals surface area contributed by atoms with E-state index in [1.165, 1.54) is 0 Å². The van der Waals surface area contributed by atoms with E-state index in [0.29, 0.717) is 13.2 Å². The van der Waals surface area contributed by atoms with Crippen molar-refractivity contribution in [2.24, 2.45) is 0 Å².